The molecular weight excluding hydrogens is 269 g/mol. The highest BCUT2D eigenvalue weighted by molar-refractivity contribution is 6.15. The van der Waals surface area contributed by atoms with Gasteiger partial charge in [0.15, 0.2) is 5.78 Å². The zero-order chi connectivity index (χ0) is 15.5. The van der Waals surface area contributed by atoms with Crippen molar-refractivity contribution in [2.75, 3.05) is 0 Å². The van der Waals surface area contributed by atoms with Gasteiger partial charge < -0.3 is 0 Å². The van der Waals surface area contributed by atoms with Crippen molar-refractivity contribution in [3.8, 4) is 0 Å². The Bertz CT molecular complexity index is 530. The molecule has 2 unspecified atom stereocenters. The van der Waals surface area contributed by atoms with Gasteiger partial charge in [-0.05, 0) is 25.3 Å². The number of ketones is 2. The molecule has 0 bridgehead atoms. The Hall–Kier alpha value is -1.39. The minimum Gasteiger partial charge on any atom is -0.298 e. The standard InChI is InChI=1S/C15H17F3O2/c1-8(2)9-7-14(12(20)15(16,17)18)10(9)5-6-13(3,4)11(14)19/h7,10H,1,5-6H2,2-4H3. The number of hydrogen-bond acceptors (Lipinski definition) is 2. The van der Waals surface area contributed by atoms with Crippen LogP contribution in [0, 0.1) is 16.7 Å². The fourth-order valence-electron chi connectivity index (χ4n) is 3.36. The number of carbonyl (C=O) groups is 2. The Morgan fingerprint density at radius 1 is 1.40 bits per heavy atom. The van der Waals surface area contributed by atoms with E-state index < -0.39 is 34.5 Å². The summed E-state index contributed by atoms with van der Waals surface area (Å²) in [6.45, 7) is 8.59. The molecule has 1 saturated carbocycles. The minimum atomic E-state index is -5.00. The Morgan fingerprint density at radius 2 is 1.95 bits per heavy atom. The lowest BCUT2D eigenvalue weighted by molar-refractivity contribution is -0.188. The smallest absolute Gasteiger partial charge is 0.298 e. The molecule has 110 valence electrons. The molecule has 2 aliphatic carbocycles. The van der Waals surface area contributed by atoms with Crippen molar-refractivity contribution in [3.63, 3.8) is 0 Å². The predicted octanol–water partition coefficient (Wildman–Crippen LogP) is 3.63. The molecular formula is C15H17F3O2. The fraction of sp³-hybridized carbons (Fsp3) is 0.600. The molecule has 0 radical (unpaired) electrons. The quantitative estimate of drug-likeness (QED) is 0.726. The van der Waals surface area contributed by atoms with E-state index in [-0.39, 0.29) is 0 Å². The van der Waals surface area contributed by atoms with Crippen molar-refractivity contribution in [1.29, 1.82) is 0 Å². The van der Waals surface area contributed by atoms with Gasteiger partial charge in [-0.25, -0.2) is 0 Å². The van der Waals surface area contributed by atoms with E-state index in [1.807, 2.05) is 0 Å². The van der Waals surface area contributed by atoms with Gasteiger partial charge in [0.05, 0.1) is 0 Å². The largest absolute Gasteiger partial charge is 0.451 e. The summed E-state index contributed by atoms with van der Waals surface area (Å²) in [4.78, 5) is 24.3. The zero-order valence-corrected chi connectivity index (χ0v) is 11.7. The molecule has 0 spiro atoms. The van der Waals surface area contributed by atoms with Crippen LogP contribution in [-0.4, -0.2) is 17.7 Å². The molecule has 2 rings (SSSR count). The predicted molar refractivity (Wildman–Crippen MR) is 67.9 cm³/mol. The fourth-order valence-corrected chi connectivity index (χ4v) is 3.36. The van der Waals surface area contributed by atoms with Gasteiger partial charge in [-0.3, -0.25) is 9.59 Å². The first-order valence-corrected chi connectivity index (χ1v) is 6.50. The number of rotatable bonds is 2. The number of carbonyl (C=O) groups excluding carboxylic acids is 2. The molecule has 2 aliphatic rings. The molecule has 0 aliphatic heterocycles. The van der Waals surface area contributed by atoms with E-state index >= 15 is 0 Å². The summed E-state index contributed by atoms with van der Waals surface area (Å²) in [6.07, 6.45) is -2.93. The van der Waals surface area contributed by atoms with E-state index in [1.54, 1.807) is 20.8 Å². The van der Waals surface area contributed by atoms with Crippen LogP contribution in [0.15, 0.2) is 23.8 Å². The van der Waals surface area contributed by atoms with Crippen LogP contribution in [0.25, 0.3) is 0 Å². The molecule has 1 fully saturated rings. The van der Waals surface area contributed by atoms with Crippen LogP contribution >= 0.6 is 0 Å². The highest BCUT2D eigenvalue weighted by Gasteiger charge is 2.68. The van der Waals surface area contributed by atoms with Crippen molar-refractivity contribution < 1.29 is 22.8 Å². The van der Waals surface area contributed by atoms with E-state index in [2.05, 4.69) is 6.58 Å². The Morgan fingerprint density at radius 3 is 2.40 bits per heavy atom. The van der Waals surface area contributed by atoms with E-state index in [0.717, 1.165) is 0 Å². The van der Waals surface area contributed by atoms with Crippen LogP contribution in [-0.2, 0) is 9.59 Å². The lowest BCUT2D eigenvalue weighted by Crippen LogP contribution is -2.61. The number of alkyl halides is 3. The van der Waals surface area contributed by atoms with Crippen LogP contribution in [0.1, 0.15) is 33.6 Å². The molecule has 0 aromatic heterocycles. The van der Waals surface area contributed by atoms with Crippen molar-refractivity contribution in [3.05, 3.63) is 23.8 Å². The van der Waals surface area contributed by atoms with Gasteiger partial charge in [0.25, 0.3) is 5.78 Å². The first-order chi connectivity index (χ1) is 8.94. The van der Waals surface area contributed by atoms with Crippen molar-refractivity contribution >= 4 is 11.6 Å². The van der Waals surface area contributed by atoms with Gasteiger partial charge in [0, 0.05) is 11.3 Å². The maximum absolute atomic E-state index is 12.9. The summed E-state index contributed by atoms with van der Waals surface area (Å²) in [5.74, 6) is -3.22. The average molecular weight is 286 g/mol. The van der Waals surface area contributed by atoms with Crippen LogP contribution in [0.2, 0.25) is 0 Å². The highest BCUT2D eigenvalue weighted by Crippen LogP contribution is 2.60. The van der Waals surface area contributed by atoms with Gasteiger partial charge in [0.2, 0.25) is 0 Å². The van der Waals surface area contributed by atoms with Crippen LogP contribution in [0.4, 0.5) is 13.2 Å². The summed E-state index contributed by atoms with van der Waals surface area (Å²) in [5.41, 5.74) is -1.69. The average Bonchev–Trinajstić information content (AvgIpc) is 2.24. The molecule has 2 nitrogen and oxygen atoms in total. The molecule has 0 N–H and O–H groups in total. The Kier molecular flexibility index (Phi) is 3.04. The maximum Gasteiger partial charge on any atom is 0.451 e. The molecule has 2 atom stereocenters. The second kappa shape index (κ2) is 4.06. The van der Waals surface area contributed by atoms with Crippen LogP contribution < -0.4 is 0 Å². The van der Waals surface area contributed by atoms with E-state index in [9.17, 15) is 22.8 Å². The lowest BCUT2D eigenvalue weighted by Gasteiger charge is -2.53. The first-order valence-electron chi connectivity index (χ1n) is 6.50. The van der Waals surface area contributed by atoms with Gasteiger partial charge in [-0.1, -0.05) is 32.1 Å². The van der Waals surface area contributed by atoms with Gasteiger partial charge in [0.1, 0.15) is 5.41 Å². The number of allylic oxidation sites excluding steroid dienone is 3. The van der Waals surface area contributed by atoms with Gasteiger partial charge >= 0.3 is 6.18 Å². The molecule has 0 saturated heterocycles. The van der Waals surface area contributed by atoms with Crippen molar-refractivity contribution in [2.45, 2.75) is 39.8 Å². The maximum atomic E-state index is 12.9. The van der Waals surface area contributed by atoms with Crippen molar-refractivity contribution in [1.82, 2.24) is 0 Å². The summed E-state index contributed by atoms with van der Waals surface area (Å²) < 4.78 is 38.7. The summed E-state index contributed by atoms with van der Waals surface area (Å²) in [5, 5.41) is 0. The summed E-state index contributed by atoms with van der Waals surface area (Å²) in [7, 11) is 0. The summed E-state index contributed by atoms with van der Waals surface area (Å²) >= 11 is 0. The SMILES string of the molecule is C=C(C)C1=CC2(C(=O)C(F)(F)F)C(=O)C(C)(C)CCC12. The minimum absolute atomic E-state index is 0.402. The third kappa shape index (κ3) is 1.79. The van der Waals surface area contributed by atoms with Gasteiger partial charge in [-0.15, -0.1) is 0 Å². The third-order valence-corrected chi connectivity index (χ3v) is 4.48. The second-order valence-electron chi connectivity index (χ2n) is 6.38. The monoisotopic (exact) mass is 286 g/mol. The first kappa shape index (κ1) is 15.0. The number of hydrogen-bond donors (Lipinski definition) is 0. The van der Waals surface area contributed by atoms with E-state index in [4.69, 9.17) is 0 Å². The normalized spacial score (nSPS) is 32.0. The zero-order valence-electron chi connectivity index (χ0n) is 11.7. The van der Waals surface area contributed by atoms with Crippen LogP contribution in [0.3, 0.4) is 0 Å². The highest BCUT2D eigenvalue weighted by atomic mass is 19.4. The molecule has 0 aromatic carbocycles. The molecule has 0 heterocycles. The van der Waals surface area contributed by atoms with Gasteiger partial charge in [-0.2, -0.15) is 13.2 Å². The molecule has 0 aromatic rings. The Balaban J connectivity index is 2.57. The number of halogens is 3. The van der Waals surface area contributed by atoms with E-state index in [1.165, 1.54) is 6.08 Å². The third-order valence-electron chi connectivity index (χ3n) is 4.48. The second-order valence-corrected chi connectivity index (χ2v) is 6.38. The molecule has 5 heteroatoms. The summed E-state index contributed by atoms with van der Waals surface area (Å²) in [6, 6.07) is 0. The van der Waals surface area contributed by atoms with Crippen LogP contribution in [0.5, 0.6) is 0 Å². The topological polar surface area (TPSA) is 34.1 Å². The van der Waals surface area contributed by atoms with Crippen molar-refractivity contribution in [2.24, 2.45) is 16.7 Å². The lowest BCUT2D eigenvalue weighted by atomic mass is 9.47. The number of Topliss-reactive ketones (excluding diaryl/α,β-unsaturated/α-hetero) is 2. The number of fused-ring (bicyclic) bond motifs is 1. The molecule has 20 heavy (non-hydrogen) atoms. The molecule has 0 amide bonds. The van der Waals surface area contributed by atoms with E-state index in [0.29, 0.717) is 24.0 Å². The Labute approximate surface area is 115 Å².